The Morgan fingerprint density at radius 2 is 1.97 bits per heavy atom. The van der Waals surface area contributed by atoms with Gasteiger partial charge in [-0.3, -0.25) is 4.79 Å². The predicted octanol–water partition coefficient (Wildman–Crippen LogP) is 5.49. The molecule has 0 spiro atoms. The van der Waals surface area contributed by atoms with Crippen LogP contribution in [0.5, 0.6) is 0 Å². The summed E-state index contributed by atoms with van der Waals surface area (Å²) in [6.45, 7) is 0. The van der Waals surface area contributed by atoms with Gasteiger partial charge in [0.1, 0.15) is 11.9 Å². The van der Waals surface area contributed by atoms with Crippen molar-refractivity contribution in [2.75, 3.05) is 5.75 Å². The van der Waals surface area contributed by atoms with Gasteiger partial charge in [-0.1, -0.05) is 70.5 Å². The zero-order valence-corrected chi connectivity index (χ0v) is 18.3. The number of carbonyl (C=O) groups is 1. The van der Waals surface area contributed by atoms with E-state index >= 15 is 0 Å². The summed E-state index contributed by atoms with van der Waals surface area (Å²) in [4.78, 5) is 17.6. The van der Waals surface area contributed by atoms with Crippen LogP contribution < -0.4 is 5.32 Å². The number of aryl methyl sites for hydroxylation is 1. The molecule has 0 radical (unpaired) electrons. The van der Waals surface area contributed by atoms with Crippen LogP contribution in [-0.2, 0) is 11.8 Å². The second-order valence-electron chi connectivity index (χ2n) is 7.50. The number of carbonyl (C=O) groups excluding carboxylic acids is 1. The Morgan fingerprint density at radius 3 is 2.72 bits per heavy atom. The molecule has 4 nitrogen and oxygen atoms in total. The fourth-order valence-electron chi connectivity index (χ4n) is 3.82. The lowest BCUT2D eigenvalue weighted by Crippen LogP contribution is -2.31. The summed E-state index contributed by atoms with van der Waals surface area (Å²) in [7, 11) is 6.01. The minimum absolute atomic E-state index is 0.0966. The van der Waals surface area contributed by atoms with Crippen LogP contribution in [0.3, 0.4) is 0 Å². The van der Waals surface area contributed by atoms with Gasteiger partial charge in [0.15, 0.2) is 0 Å². The molecule has 0 aliphatic carbocycles. The molecule has 0 bridgehead atoms. The van der Waals surface area contributed by atoms with Crippen molar-refractivity contribution in [1.82, 2.24) is 14.9 Å². The van der Waals surface area contributed by atoms with E-state index in [1.165, 1.54) is 18.6 Å². The first kappa shape index (κ1) is 20.4. The van der Waals surface area contributed by atoms with E-state index in [2.05, 4.69) is 28.1 Å². The number of hydrogen-bond acceptors (Lipinski definition) is 4. The smallest absolute Gasteiger partial charge is 0.220 e. The Labute approximate surface area is 180 Å². The van der Waals surface area contributed by atoms with Crippen molar-refractivity contribution < 1.29 is 4.79 Å². The standard InChI is InChI=1S/C23H27N3OS2/c1-26-20-13-7-6-12-19(20)24-23(26)22(17-9-3-2-4-10-17)25-21(27)14-8-5-11-18-15-16-28-29-18/h2-4,6-7,9-10,12-13,18,22H,5,8,11,14-16H2,1H3,(H,25,27). The molecule has 1 aliphatic rings. The van der Waals surface area contributed by atoms with Crippen LogP contribution in [0, 0.1) is 0 Å². The molecule has 29 heavy (non-hydrogen) atoms. The topological polar surface area (TPSA) is 46.9 Å². The quantitative estimate of drug-likeness (QED) is 0.383. The number of amides is 1. The molecule has 3 aromatic rings. The summed E-state index contributed by atoms with van der Waals surface area (Å²) in [5.74, 6) is 2.23. The van der Waals surface area contributed by atoms with E-state index in [0.717, 1.165) is 40.5 Å². The Hall–Kier alpha value is -1.92. The van der Waals surface area contributed by atoms with Gasteiger partial charge in [0, 0.05) is 24.5 Å². The molecule has 1 aromatic heterocycles. The fraction of sp³-hybridized carbons (Fsp3) is 0.391. The van der Waals surface area contributed by atoms with Gasteiger partial charge < -0.3 is 9.88 Å². The summed E-state index contributed by atoms with van der Waals surface area (Å²) in [6, 6.07) is 18.0. The number of unbranched alkanes of at least 4 members (excludes halogenated alkanes) is 1. The number of hydrogen-bond donors (Lipinski definition) is 1. The Balaban J connectivity index is 1.46. The molecule has 1 amide bonds. The van der Waals surface area contributed by atoms with E-state index in [-0.39, 0.29) is 11.9 Å². The number of rotatable bonds is 8. The van der Waals surface area contributed by atoms with Gasteiger partial charge in [0.2, 0.25) is 5.91 Å². The van der Waals surface area contributed by atoms with Crippen molar-refractivity contribution in [1.29, 1.82) is 0 Å². The molecule has 152 valence electrons. The average molecular weight is 426 g/mol. The van der Waals surface area contributed by atoms with E-state index in [4.69, 9.17) is 4.98 Å². The third-order valence-electron chi connectivity index (χ3n) is 5.43. The molecule has 1 saturated heterocycles. The van der Waals surface area contributed by atoms with Gasteiger partial charge in [-0.15, -0.1) is 0 Å². The normalized spacial score (nSPS) is 17.5. The number of nitrogens with zero attached hydrogens (tertiary/aromatic N) is 2. The van der Waals surface area contributed by atoms with Gasteiger partial charge in [-0.05, 0) is 37.0 Å². The zero-order valence-electron chi connectivity index (χ0n) is 16.7. The monoisotopic (exact) mass is 425 g/mol. The molecule has 0 saturated carbocycles. The van der Waals surface area contributed by atoms with Gasteiger partial charge in [-0.25, -0.2) is 4.98 Å². The molecule has 1 aliphatic heterocycles. The van der Waals surface area contributed by atoms with E-state index in [1.807, 2.05) is 65.0 Å². The highest BCUT2D eigenvalue weighted by molar-refractivity contribution is 8.77. The van der Waals surface area contributed by atoms with Crippen LogP contribution >= 0.6 is 21.6 Å². The minimum atomic E-state index is -0.247. The summed E-state index contributed by atoms with van der Waals surface area (Å²) in [5.41, 5.74) is 3.08. The average Bonchev–Trinajstić information content (AvgIpc) is 3.38. The van der Waals surface area contributed by atoms with Crippen molar-refractivity contribution in [3.05, 3.63) is 66.0 Å². The lowest BCUT2D eigenvalue weighted by atomic mass is 10.1. The van der Waals surface area contributed by atoms with E-state index in [9.17, 15) is 4.79 Å². The summed E-state index contributed by atoms with van der Waals surface area (Å²) >= 11 is 0. The highest BCUT2D eigenvalue weighted by Crippen LogP contribution is 2.39. The molecule has 4 rings (SSSR count). The second-order valence-corrected chi connectivity index (χ2v) is 10.3. The zero-order chi connectivity index (χ0) is 20.1. The third-order valence-corrected chi connectivity index (χ3v) is 8.43. The Kier molecular flexibility index (Phi) is 6.82. The minimum Gasteiger partial charge on any atom is -0.342 e. The van der Waals surface area contributed by atoms with Crippen LogP contribution in [0.2, 0.25) is 0 Å². The van der Waals surface area contributed by atoms with Gasteiger partial charge >= 0.3 is 0 Å². The molecule has 1 fully saturated rings. The molecule has 1 N–H and O–H groups in total. The van der Waals surface area contributed by atoms with Crippen LogP contribution in [0.1, 0.15) is 49.5 Å². The number of para-hydroxylation sites is 2. The second kappa shape index (κ2) is 9.72. The van der Waals surface area contributed by atoms with Crippen LogP contribution in [0.15, 0.2) is 54.6 Å². The van der Waals surface area contributed by atoms with Gasteiger partial charge in [-0.2, -0.15) is 0 Å². The third kappa shape index (κ3) is 4.98. The maximum atomic E-state index is 12.8. The fourth-order valence-corrected chi connectivity index (χ4v) is 6.85. The van der Waals surface area contributed by atoms with E-state index in [1.54, 1.807) is 0 Å². The van der Waals surface area contributed by atoms with E-state index < -0.39 is 0 Å². The van der Waals surface area contributed by atoms with Crippen LogP contribution in [0.25, 0.3) is 11.0 Å². The highest BCUT2D eigenvalue weighted by atomic mass is 33.1. The number of fused-ring (bicyclic) bond motifs is 1. The maximum absolute atomic E-state index is 12.8. The molecule has 2 aromatic carbocycles. The number of imidazole rings is 1. The van der Waals surface area contributed by atoms with E-state index in [0.29, 0.717) is 6.42 Å². The lowest BCUT2D eigenvalue weighted by Gasteiger charge is -2.19. The summed E-state index contributed by atoms with van der Waals surface area (Å²) in [6.07, 6.45) is 5.16. The highest BCUT2D eigenvalue weighted by Gasteiger charge is 2.22. The maximum Gasteiger partial charge on any atom is 0.220 e. The van der Waals surface area contributed by atoms with Crippen molar-refractivity contribution in [2.45, 2.75) is 43.4 Å². The van der Waals surface area contributed by atoms with Crippen molar-refractivity contribution in [3.63, 3.8) is 0 Å². The van der Waals surface area contributed by atoms with Crippen molar-refractivity contribution in [2.24, 2.45) is 7.05 Å². The first-order valence-corrected chi connectivity index (χ1v) is 12.6. The molecular weight excluding hydrogens is 398 g/mol. The molecule has 6 heteroatoms. The molecule has 2 unspecified atom stereocenters. The molecule has 2 heterocycles. The van der Waals surface area contributed by atoms with Crippen molar-refractivity contribution in [3.8, 4) is 0 Å². The predicted molar refractivity (Wildman–Crippen MR) is 124 cm³/mol. The largest absolute Gasteiger partial charge is 0.342 e. The molecular formula is C23H27N3OS2. The van der Waals surface area contributed by atoms with Crippen molar-refractivity contribution >= 4 is 38.5 Å². The van der Waals surface area contributed by atoms with Crippen LogP contribution in [-0.4, -0.2) is 26.5 Å². The first-order valence-electron chi connectivity index (χ1n) is 10.3. The SMILES string of the molecule is Cn1c(C(NC(=O)CCCCC2CCSS2)c2ccccc2)nc2ccccc21. The van der Waals surface area contributed by atoms with Crippen LogP contribution in [0.4, 0.5) is 0 Å². The summed E-state index contributed by atoms with van der Waals surface area (Å²) in [5, 5.41) is 4.03. The van der Waals surface area contributed by atoms with Gasteiger partial charge in [0.25, 0.3) is 0 Å². The summed E-state index contributed by atoms with van der Waals surface area (Å²) < 4.78 is 2.09. The number of nitrogens with one attached hydrogen (secondary N) is 1. The number of benzene rings is 2. The van der Waals surface area contributed by atoms with Gasteiger partial charge in [0.05, 0.1) is 11.0 Å². The Morgan fingerprint density at radius 1 is 1.17 bits per heavy atom. The number of aromatic nitrogens is 2. The Bertz CT molecular complexity index is 951. The molecule has 2 atom stereocenters. The lowest BCUT2D eigenvalue weighted by molar-refractivity contribution is -0.121. The first-order chi connectivity index (χ1) is 14.2.